The molecular formula is C21H23FN2O3. The van der Waals surface area contributed by atoms with E-state index in [1.54, 1.807) is 6.07 Å². The SMILES string of the molecule is O=C(CCc1ccc2c(c1)OCO2)N1CCN(Cc2ccccc2F)CC1. The molecule has 4 rings (SSSR count). The third-order valence-corrected chi connectivity index (χ3v) is 5.14. The number of fused-ring (bicyclic) bond motifs is 1. The molecule has 1 amide bonds. The molecule has 0 bridgehead atoms. The highest BCUT2D eigenvalue weighted by molar-refractivity contribution is 5.76. The van der Waals surface area contributed by atoms with Crippen LogP contribution in [0.2, 0.25) is 0 Å². The van der Waals surface area contributed by atoms with E-state index >= 15 is 0 Å². The number of aryl methyl sites for hydroxylation is 1. The lowest BCUT2D eigenvalue weighted by molar-refractivity contribution is -0.133. The zero-order valence-electron chi connectivity index (χ0n) is 15.2. The van der Waals surface area contributed by atoms with Gasteiger partial charge in [0, 0.05) is 44.7 Å². The van der Waals surface area contributed by atoms with E-state index in [1.165, 1.54) is 6.07 Å². The number of nitrogens with zero attached hydrogens (tertiary/aromatic N) is 2. The lowest BCUT2D eigenvalue weighted by Gasteiger charge is -2.35. The molecule has 0 N–H and O–H groups in total. The molecule has 27 heavy (non-hydrogen) atoms. The van der Waals surface area contributed by atoms with Crippen LogP contribution in [0.3, 0.4) is 0 Å². The second-order valence-electron chi connectivity index (χ2n) is 6.94. The molecule has 6 heteroatoms. The van der Waals surface area contributed by atoms with Crippen LogP contribution >= 0.6 is 0 Å². The molecule has 142 valence electrons. The topological polar surface area (TPSA) is 42.0 Å². The number of rotatable bonds is 5. The van der Waals surface area contributed by atoms with Gasteiger partial charge in [-0.2, -0.15) is 0 Å². The normalized spacial score (nSPS) is 16.6. The summed E-state index contributed by atoms with van der Waals surface area (Å²) in [4.78, 5) is 16.6. The number of benzene rings is 2. The van der Waals surface area contributed by atoms with Gasteiger partial charge in [0.15, 0.2) is 11.5 Å². The van der Waals surface area contributed by atoms with Crippen molar-refractivity contribution >= 4 is 5.91 Å². The van der Waals surface area contributed by atoms with E-state index in [0.29, 0.717) is 38.0 Å². The number of halogens is 1. The molecule has 2 aromatic rings. The molecule has 5 nitrogen and oxygen atoms in total. The van der Waals surface area contributed by atoms with Gasteiger partial charge in [0.2, 0.25) is 12.7 Å². The van der Waals surface area contributed by atoms with Crippen molar-refractivity contribution in [1.82, 2.24) is 9.80 Å². The monoisotopic (exact) mass is 370 g/mol. The molecule has 2 heterocycles. The fourth-order valence-corrected chi connectivity index (χ4v) is 3.53. The summed E-state index contributed by atoms with van der Waals surface area (Å²) >= 11 is 0. The van der Waals surface area contributed by atoms with Crippen molar-refractivity contribution in [1.29, 1.82) is 0 Å². The Morgan fingerprint density at radius 1 is 1.00 bits per heavy atom. The summed E-state index contributed by atoms with van der Waals surface area (Å²) in [5.41, 5.74) is 1.78. The van der Waals surface area contributed by atoms with Gasteiger partial charge in [-0.15, -0.1) is 0 Å². The van der Waals surface area contributed by atoms with Crippen LogP contribution in [0.5, 0.6) is 11.5 Å². The largest absolute Gasteiger partial charge is 0.454 e. The van der Waals surface area contributed by atoms with Gasteiger partial charge in [-0.3, -0.25) is 9.69 Å². The van der Waals surface area contributed by atoms with Crippen molar-refractivity contribution in [3.8, 4) is 11.5 Å². The summed E-state index contributed by atoms with van der Waals surface area (Å²) in [6.45, 7) is 3.76. The summed E-state index contributed by atoms with van der Waals surface area (Å²) in [5.74, 6) is 1.51. The van der Waals surface area contributed by atoms with Gasteiger partial charge in [-0.05, 0) is 30.2 Å². The predicted octanol–water partition coefficient (Wildman–Crippen LogP) is 2.83. The molecule has 2 aromatic carbocycles. The number of hydrogen-bond donors (Lipinski definition) is 0. The Bertz CT molecular complexity index is 819. The highest BCUT2D eigenvalue weighted by Crippen LogP contribution is 2.32. The van der Waals surface area contributed by atoms with Gasteiger partial charge < -0.3 is 14.4 Å². The van der Waals surface area contributed by atoms with Gasteiger partial charge in [-0.1, -0.05) is 24.3 Å². The Kier molecular flexibility index (Phi) is 5.25. The summed E-state index contributed by atoms with van der Waals surface area (Å²) in [5, 5.41) is 0. The van der Waals surface area contributed by atoms with Crippen molar-refractivity contribution in [3.05, 3.63) is 59.4 Å². The Labute approximate surface area is 158 Å². The minimum atomic E-state index is -0.167. The minimum Gasteiger partial charge on any atom is -0.454 e. The zero-order valence-corrected chi connectivity index (χ0v) is 15.2. The molecule has 0 atom stereocenters. The van der Waals surface area contributed by atoms with Crippen LogP contribution < -0.4 is 9.47 Å². The highest BCUT2D eigenvalue weighted by atomic mass is 19.1. The Morgan fingerprint density at radius 2 is 1.78 bits per heavy atom. The van der Waals surface area contributed by atoms with Crippen molar-refractivity contribution < 1.29 is 18.7 Å². The molecule has 2 aliphatic heterocycles. The number of hydrogen-bond acceptors (Lipinski definition) is 4. The van der Waals surface area contributed by atoms with Crippen LogP contribution in [0.15, 0.2) is 42.5 Å². The summed E-state index contributed by atoms with van der Waals surface area (Å²) in [6, 6.07) is 12.7. The molecule has 1 fully saturated rings. The number of carbonyl (C=O) groups is 1. The second-order valence-corrected chi connectivity index (χ2v) is 6.94. The van der Waals surface area contributed by atoms with Crippen molar-refractivity contribution in [2.45, 2.75) is 19.4 Å². The van der Waals surface area contributed by atoms with Crippen molar-refractivity contribution in [3.63, 3.8) is 0 Å². The highest BCUT2D eigenvalue weighted by Gasteiger charge is 2.22. The van der Waals surface area contributed by atoms with E-state index in [0.717, 1.165) is 30.2 Å². The van der Waals surface area contributed by atoms with E-state index in [9.17, 15) is 9.18 Å². The smallest absolute Gasteiger partial charge is 0.231 e. The molecule has 1 saturated heterocycles. The van der Waals surface area contributed by atoms with Crippen LogP contribution in [0.25, 0.3) is 0 Å². The lowest BCUT2D eigenvalue weighted by Crippen LogP contribution is -2.48. The van der Waals surface area contributed by atoms with Gasteiger partial charge in [0.05, 0.1) is 0 Å². The standard InChI is InChI=1S/C21H23FN2O3/c22-18-4-2-1-3-17(18)14-23-9-11-24(12-10-23)21(25)8-6-16-5-7-19-20(13-16)27-15-26-19/h1-5,7,13H,6,8-12,14-15H2. The second kappa shape index (κ2) is 7.96. The van der Waals surface area contributed by atoms with Crippen LogP contribution in [-0.4, -0.2) is 48.7 Å². The number of piperazine rings is 1. The first-order valence-corrected chi connectivity index (χ1v) is 9.31. The Balaban J connectivity index is 1.24. The number of ether oxygens (including phenoxy) is 2. The molecule has 2 aliphatic rings. The average Bonchev–Trinajstić information content (AvgIpc) is 3.16. The lowest BCUT2D eigenvalue weighted by atomic mass is 10.1. The van der Waals surface area contributed by atoms with Gasteiger partial charge >= 0.3 is 0 Å². The first-order chi connectivity index (χ1) is 13.2. The molecule has 0 saturated carbocycles. The van der Waals surface area contributed by atoms with E-state index in [2.05, 4.69) is 4.90 Å². The molecule has 0 unspecified atom stereocenters. The molecule has 0 aliphatic carbocycles. The summed E-state index contributed by atoms with van der Waals surface area (Å²) in [6.07, 6.45) is 1.16. The van der Waals surface area contributed by atoms with Gasteiger partial charge in [0.25, 0.3) is 0 Å². The first kappa shape index (κ1) is 17.8. The third kappa shape index (κ3) is 4.22. The van der Waals surface area contributed by atoms with E-state index < -0.39 is 0 Å². The van der Waals surface area contributed by atoms with E-state index in [4.69, 9.17) is 9.47 Å². The maximum absolute atomic E-state index is 13.8. The predicted molar refractivity (Wildman–Crippen MR) is 99.1 cm³/mol. The maximum atomic E-state index is 13.8. The van der Waals surface area contributed by atoms with E-state index in [-0.39, 0.29) is 18.5 Å². The van der Waals surface area contributed by atoms with Crippen LogP contribution in [-0.2, 0) is 17.8 Å². The first-order valence-electron chi connectivity index (χ1n) is 9.31. The molecule has 0 aromatic heterocycles. The number of carbonyl (C=O) groups excluding carboxylic acids is 1. The van der Waals surface area contributed by atoms with Crippen LogP contribution in [0.1, 0.15) is 17.5 Å². The quantitative estimate of drug-likeness (QED) is 0.812. The van der Waals surface area contributed by atoms with Crippen molar-refractivity contribution in [2.24, 2.45) is 0 Å². The maximum Gasteiger partial charge on any atom is 0.231 e. The van der Waals surface area contributed by atoms with Gasteiger partial charge in [-0.25, -0.2) is 4.39 Å². The fraction of sp³-hybridized carbons (Fsp3) is 0.381. The Morgan fingerprint density at radius 3 is 2.59 bits per heavy atom. The molecule has 0 spiro atoms. The van der Waals surface area contributed by atoms with Gasteiger partial charge in [0.1, 0.15) is 5.82 Å². The minimum absolute atomic E-state index is 0.165. The van der Waals surface area contributed by atoms with Crippen molar-refractivity contribution in [2.75, 3.05) is 33.0 Å². The zero-order chi connectivity index (χ0) is 18.6. The third-order valence-electron chi connectivity index (χ3n) is 5.14. The van der Waals surface area contributed by atoms with Crippen LogP contribution in [0, 0.1) is 5.82 Å². The average molecular weight is 370 g/mol. The Hall–Kier alpha value is -2.60. The van der Waals surface area contributed by atoms with Crippen LogP contribution in [0.4, 0.5) is 4.39 Å². The van der Waals surface area contributed by atoms with E-state index in [1.807, 2.05) is 35.2 Å². The summed E-state index contributed by atoms with van der Waals surface area (Å²) < 4.78 is 24.5. The summed E-state index contributed by atoms with van der Waals surface area (Å²) in [7, 11) is 0. The molecular weight excluding hydrogens is 347 g/mol. The number of amides is 1. The molecule has 0 radical (unpaired) electrons. The fourth-order valence-electron chi connectivity index (χ4n) is 3.53.